The molecule has 0 aliphatic carbocycles. The number of rotatable bonds is 1. The van der Waals surface area contributed by atoms with Crippen LogP contribution >= 0.6 is 0 Å². The van der Waals surface area contributed by atoms with Gasteiger partial charge in [0.1, 0.15) is 0 Å². The number of carboxylic acids is 1. The van der Waals surface area contributed by atoms with E-state index < -0.39 is 5.97 Å². The molecule has 0 aromatic rings. The fraction of sp³-hybridized carbons (Fsp3) is 0.857. The number of nitrogens with one attached hydrogen (secondary N) is 1. The molecule has 66 valence electrons. The molecule has 1 aliphatic rings. The molecule has 0 radical (unpaired) electrons. The summed E-state index contributed by atoms with van der Waals surface area (Å²) in [6.45, 7) is 1.01. The Morgan fingerprint density at radius 3 is 2.55 bits per heavy atom. The highest BCUT2D eigenvalue weighted by Gasteiger charge is 2.28. The molecule has 0 amide bonds. The standard InChI is InChI=1S/C7H13NO2.HI/c1-8-5-3-2-4-6(8)7(9)10;/h6H,2-5H2,1H3,(H,9,10);1H. The lowest BCUT2D eigenvalue weighted by Gasteiger charge is -2.25. The predicted molar refractivity (Wildman–Crippen MR) is 37.0 cm³/mol. The number of carboxylic acid groups (broad SMARTS) is 1. The van der Waals surface area contributed by atoms with E-state index in [1.807, 2.05) is 7.05 Å². The summed E-state index contributed by atoms with van der Waals surface area (Å²) in [6, 6.07) is -0.145. The minimum Gasteiger partial charge on any atom is -1.00 e. The molecule has 2 atom stereocenters. The Balaban J connectivity index is 0.000001000. The maximum Gasteiger partial charge on any atom is 0.362 e. The number of likely N-dealkylation sites (N-methyl/N-ethyl adjacent to an activating group) is 1. The Labute approximate surface area is 83.8 Å². The molecule has 1 rings (SSSR count). The first kappa shape index (κ1) is 11.2. The number of carbonyl (C=O) groups is 1. The molecule has 4 heteroatoms. The first-order chi connectivity index (χ1) is 4.72. The van der Waals surface area contributed by atoms with E-state index in [2.05, 4.69) is 0 Å². The predicted octanol–water partition coefficient (Wildman–Crippen LogP) is -3.86. The number of likely N-dealkylation sites (tertiary alicyclic amines) is 1. The molecule has 0 bridgehead atoms. The van der Waals surface area contributed by atoms with Crippen LogP contribution in [0.2, 0.25) is 0 Å². The van der Waals surface area contributed by atoms with Crippen molar-refractivity contribution in [2.75, 3.05) is 13.6 Å². The zero-order valence-corrected chi connectivity index (χ0v) is 8.80. The van der Waals surface area contributed by atoms with Crippen LogP contribution in [0.25, 0.3) is 0 Å². The lowest BCUT2D eigenvalue weighted by molar-refractivity contribution is -0.902. The van der Waals surface area contributed by atoms with Crippen LogP contribution in [0.3, 0.4) is 0 Å². The molecule has 3 nitrogen and oxygen atoms in total. The van der Waals surface area contributed by atoms with Crippen molar-refractivity contribution in [2.45, 2.75) is 25.3 Å². The van der Waals surface area contributed by atoms with Crippen molar-refractivity contribution in [2.24, 2.45) is 0 Å². The second kappa shape index (κ2) is 4.92. The minimum absolute atomic E-state index is 0. The van der Waals surface area contributed by atoms with Gasteiger partial charge in [0, 0.05) is 6.42 Å². The lowest BCUT2D eigenvalue weighted by atomic mass is 10.0. The van der Waals surface area contributed by atoms with Crippen LogP contribution in [0.5, 0.6) is 0 Å². The van der Waals surface area contributed by atoms with Crippen molar-refractivity contribution >= 4 is 5.97 Å². The van der Waals surface area contributed by atoms with Gasteiger partial charge in [0.05, 0.1) is 13.6 Å². The van der Waals surface area contributed by atoms with Gasteiger partial charge in [0.25, 0.3) is 0 Å². The van der Waals surface area contributed by atoms with Crippen LogP contribution in [0.4, 0.5) is 0 Å². The molecular weight excluding hydrogens is 257 g/mol. The number of piperidine rings is 1. The first-order valence-corrected chi connectivity index (χ1v) is 3.77. The van der Waals surface area contributed by atoms with Gasteiger partial charge >= 0.3 is 5.97 Å². The number of hydrogen-bond donors (Lipinski definition) is 2. The summed E-state index contributed by atoms with van der Waals surface area (Å²) < 4.78 is 0. The first-order valence-electron chi connectivity index (χ1n) is 3.77. The quantitative estimate of drug-likeness (QED) is 0.479. The Morgan fingerprint density at radius 1 is 1.55 bits per heavy atom. The van der Waals surface area contributed by atoms with Crippen molar-refractivity contribution in [3.63, 3.8) is 0 Å². The second-order valence-corrected chi connectivity index (χ2v) is 2.98. The molecule has 0 aromatic heterocycles. The molecular formula is C7H14INO2. The molecule has 2 unspecified atom stereocenters. The van der Waals surface area contributed by atoms with Crippen LogP contribution in [0.15, 0.2) is 0 Å². The summed E-state index contributed by atoms with van der Waals surface area (Å²) in [7, 11) is 1.96. The average Bonchev–Trinajstić information content (AvgIpc) is 1.88. The summed E-state index contributed by atoms with van der Waals surface area (Å²) in [5, 5.41) is 8.69. The van der Waals surface area contributed by atoms with Crippen LogP contribution in [0, 0.1) is 0 Å². The van der Waals surface area contributed by atoms with Crippen LogP contribution in [-0.4, -0.2) is 30.7 Å². The highest BCUT2D eigenvalue weighted by molar-refractivity contribution is 5.71. The van der Waals surface area contributed by atoms with E-state index in [1.165, 1.54) is 6.42 Å². The third-order valence-electron chi connectivity index (χ3n) is 2.21. The van der Waals surface area contributed by atoms with Gasteiger partial charge in [-0.2, -0.15) is 0 Å². The van der Waals surface area contributed by atoms with Gasteiger partial charge in [-0.15, -0.1) is 0 Å². The third kappa shape index (κ3) is 2.94. The zero-order chi connectivity index (χ0) is 7.56. The van der Waals surface area contributed by atoms with Gasteiger partial charge in [-0.3, -0.25) is 0 Å². The second-order valence-electron chi connectivity index (χ2n) is 2.98. The topological polar surface area (TPSA) is 41.7 Å². The Bertz CT molecular complexity index is 140. The number of hydrogen-bond acceptors (Lipinski definition) is 1. The van der Waals surface area contributed by atoms with Crippen LogP contribution in [-0.2, 0) is 4.79 Å². The van der Waals surface area contributed by atoms with Gasteiger partial charge in [-0.1, -0.05) is 0 Å². The van der Waals surface area contributed by atoms with Crippen molar-refractivity contribution in [3.8, 4) is 0 Å². The SMILES string of the molecule is C[NH+]1CCCCC1C(=O)O.[I-]. The fourth-order valence-electron chi connectivity index (χ4n) is 1.51. The third-order valence-corrected chi connectivity index (χ3v) is 2.21. The molecule has 0 spiro atoms. The Kier molecular flexibility index (Phi) is 4.99. The smallest absolute Gasteiger partial charge is 0.362 e. The van der Waals surface area contributed by atoms with Crippen molar-refractivity contribution in [1.29, 1.82) is 0 Å². The zero-order valence-electron chi connectivity index (χ0n) is 6.64. The van der Waals surface area contributed by atoms with E-state index in [0.717, 1.165) is 24.3 Å². The van der Waals surface area contributed by atoms with E-state index in [9.17, 15) is 4.79 Å². The molecule has 1 saturated heterocycles. The highest BCUT2D eigenvalue weighted by atomic mass is 127. The molecule has 0 saturated carbocycles. The molecule has 0 aromatic carbocycles. The van der Waals surface area contributed by atoms with Gasteiger partial charge in [0.15, 0.2) is 6.04 Å². The molecule has 1 heterocycles. The van der Waals surface area contributed by atoms with Gasteiger partial charge in [-0.25, -0.2) is 4.79 Å². The van der Waals surface area contributed by atoms with E-state index in [-0.39, 0.29) is 30.0 Å². The van der Waals surface area contributed by atoms with Gasteiger partial charge < -0.3 is 34.0 Å². The summed E-state index contributed by atoms with van der Waals surface area (Å²) in [5.74, 6) is -0.641. The van der Waals surface area contributed by atoms with Gasteiger partial charge in [-0.05, 0) is 12.8 Å². The highest BCUT2D eigenvalue weighted by Crippen LogP contribution is 2.01. The maximum atomic E-state index is 10.5. The number of aliphatic carboxylic acids is 1. The molecule has 1 fully saturated rings. The van der Waals surface area contributed by atoms with Crippen LogP contribution < -0.4 is 28.9 Å². The Hall–Kier alpha value is 0.160. The summed E-state index contributed by atoms with van der Waals surface area (Å²) in [6.07, 6.45) is 3.10. The maximum absolute atomic E-state index is 10.5. The number of quaternary nitrogens is 1. The largest absolute Gasteiger partial charge is 1.00 e. The Morgan fingerprint density at radius 2 is 2.18 bits per heavy atom. The molecule has 2 N–H and O–H groups in total. The number of halogens is 1. The normalized spacial score (nSPS) is 30.6. The van der Waals surface area contributed by atoms with E-state index >= 15 is 0 Å². The minimum atomic E-state index is -0.641. The summed E-state index contributed by atoms with van der Waals surface area (Å²) >= 11 is 0. The molecule has 11 heavy (non-hydrogen) atoms. The van der Waals surface area contributed by atoms with Crippen molar-refractivity contribution in [3.05, 3.63) is 0 Å². The van der Waals surface area contributed by atoms with Gasteiger partial charge in [0.2, 0.25) is 0 Å². The summed E-state index contributed by atoms with van der Waals surface area (Å²) in [4.78, 5) is 11.7. The fourth-order valence-corrected chi connectivity index (χ4v) is 1.51. The lowest BCUT2D eigenvalue weighted by Crippen LogP contribution is -3.14. The van der Waals surface area contributed by atoms with E-state index in [4.69, 9.17) is 5.11 Å². The average molecular weight is 271 g/mol. The molecule has 1 aliphatic heterocycles. The van der Waals surface area contributed by atoms with E-state index in [0.29, 0.717) is 0 Å². The summed E-state index contributed by atoms with van der Waals surface area (Å²) in [5.41, 5.74) is 0. The van der Waals surface area contributed by atoms with Crippen molar-refractivity contribution in [1.82, 2.24) is 0 Å². The van der Waals surface area contributed by atoms with Crippen molar-refractivity contribution < 1.29 is 38.8 Å². The van der Waals surface area contributed by atoms with E-state index in [1.54, 1.807) is 0 Å². The monoisotopic (exact) mass is 271 g/mol. The van der Waals surface area contributed by atoms with Crippen LogP contribution in [0.1, 0.15) is 19.3 Å².